The summed E-state index contributed by atoms with van der Waals surface area (Å²) in [6.07, 6.45) is 11.9. The minimum Gasteiger partial charge on any atom is -0.481 e. The fourth-order valence-corrected chi connectivity index (χ4v) is 14.9. The zero-order valence-electron chi connectivity index (χ0n) is 31.2. The van der Waals surface area contributed by atoms with Crippen molar-refractivity contribution in [1.82, 2.24) is 10.2 Å². The molecule has 5 fully saturated rings. The van der Waals surface area contributed by atoms with Gasteiger partial charge in [0.2, 0.25) is 0 Å². The summed E-state index contributed by atoms with van der Waals surface area (Å²) in [4.78, 5) is 27.3. The molecule has 6 aliphatic rings. The molecule has 1 aromatic rings. The minimum atomic E-state index is -2.91. The van der Waals surface area contributed by atoms with E-state index in [0.29, 0.717) is 36.4 Å². The molecule has 276 valence electrons. The molecular formula is C41H60N2O6S. The molecule has 5 aliphatic carbocycles. The number of fused-ring (bicyclic) bond motifs is 7. The van der Waals surface area contributed by atoms with Crippen LogP contribution in [-0.4, -0.2) is 80.7 Å². The first-order valence-corrected chi connectivity index (χ1v) is 21.1. The number of aliphatic carboxylic acids is 1. The average molecular weight is 709 g/mol. The minimum absolute atomic E-state index is 0.0249. The van der Waals surface area contributed by atoms with Gasteiger partial charge in [0.25, 0.3) is 0 Å². The summed E-state index contributed by atoms with van der Waals surface area (Å²) in [6.45, 7) is 15.4. The van der Waals surface area contributed by atoms with Gasteiger partial charge in [-0.15, -0.1) is 0 Å². The first-order chi connectivity index (χ1) is 23.5. The topological polar surface area (TPSA) is 113 Å². The third kappa shape index (κ3) is 5.45. The number of carboxylic acid groups (broad SMARTS) is 1. The monoisotopic (exact) mass is 708 g/mol. The van der Waals surface area contributed by atoms with Crippen molar-refractivity contribution in [3.63, 3.8) is 0 Å². The molecule has 0 unspecified atom stereocenters. The zero-order valence-corrected chi connectivity index (χ0v) is 32.0. The lowest BCUT2D eigenvalue weighted by atomic mass is 9.33. The summed E-state index contributed by atoms with van der Waals surface area (Å²) < 4.78 is 28.9. The van der Waals surface area contributed by atoms with Crippen LogP contribution in [0.4, 0.5) is 0 Å². The fraction of sp³-hybridized carbons (Fsp3) is 0.756. The number of ether oxygens (including phenoxy) is 1. The molecule has 1 heterocycles. The van der Waals surface area contributed by atoms with Gasteiger partial charge in [-0.3, -0.25) is 4.79 Å². The van der Waals surface area contributed by atoms with E-state index in [1.165, 1.54) is 31.1 Å². The van der Waals surface area contributed by atoms with Crippen molar-refractivity contribution in [2.24, 2.45) is 51.2 Å². The van der Waals surface area contributed by atoms with Gasteiger partial charge >= 0.3 is 11.9 Å². The molecule has 1 aliphatic heterocycles. The molecule has 0 radical (unpaired) electrons. The van der Waals surface area contributed by atoms with Crippen molar-refractivity contribution in [1.29, 1.82) is 0 Å². The molecule has 7 rings (SSSR count). The maximum absolute atomic E-state index is 12.9. The summed E-state index contributed by atoms with van der Waals surface area (Å²) >= 11 is 0. The number of hydrogen-bond acceptors (Lipinski definition) is 7. The number of nitrogens with one attached hydrogen (secondary N) is 1. The van der Waals surface area contributed by atoms with Gasteiger partial charge in [0.15, 0.2) is 9.84 Å². The largest absolute Gasteiger partial charge is 0.481 e. The second kappa shape index (κ2) is 12.4. The van der Waals surface area contributed by atoms with Crippen LogP contribution in [0.2, 0.25) is 0 Å². The molecule has 0 amide bonds. The molecule has 0 aromatic heterocycles. The Kier molecular flexibility index (Phi) is 8.99. The van der Waals surface area contributed by atoms with E-state index < -0.39 is 15.8 Å². The quantitative estimate of drug-likeness (QED) is 0.301. The average Bonchev–Trinajstić information content (AvgIpc) is 3.45. The third-order valence-electron chi connectivity index (χ3n) is 16.3. The Hall–Kier alpha value is -2.23. The van der Waals surface area contributed by atoms with E-state index >= 15 is 0 Å². The lowest BCUT2D eigenvalue weighted by Crippen LogP contribution is -2.68. The molecule has 9 atom stereocenters. The van der Waals surface area contributed by atoms with E-state index in [9.17, 15) is 23.1 Å². The van der Waals surface area contributed by atoms with E-state index in [4.69, 9.17) is 4.74 Å². The SMILES string of the molecule is COC(=O)c1ccc(C2=CC[C@]3(C)[C@H]4CC[C@@H]5[C@H]6[C@H](C(=O)O)CC[C@]6(NCCN6CCS(=O)(=O)CC6)CC[C@@]5(C)[C@]4(C)CC[C@H]3C2(C)C)cc1. The van der Waals surface area contributed by atoms with Crippen molar-refractivity contribution >= 4 is 27.3 Å². The Morgan fingerprint density at radius 1 is 0.900 bits per heavy atom. The van der Waals surface area contributed by atoms with Crippen molar-refractivity contribution in [2.75, 3.05) is 44.8 Å². The van der Waals surface area contributed by atoms with Crippen molar-refractivity contribution in [3.05, 3.63) is 41.5 Å². The van der Waals surface area contributed by atoms with Crippen LogP contribution >= 0.6 is 0 Å². The molecule has 50 heavy (non-hydrogen) atoms. The maximum Gasteiger partial charge on any atom is 0.337 e. The first-order valence-electron chi connectivity index (χ1n) is 19.3. The second-order valence-electron chi connectivity index (χ2n) is 18.4. The molecule has 0 bridgehead atoms. The predicted octanol–water partition coefficient (Wildman–Crippen LogP) is 6.71. The summed E-state index contributed by atoms with van der Waals surface area (Å²) in [5, 5.41) is 14.6. The molecular weight excluding hydrogens is 649 g/mol. The van der Waals surface area contributed by atoms with Crippen LogP contribution < -0.4 is 5.32 Å². The van der Waals surface area contributed by atoms with Gasteiger partial charge in [-0.2, -0.15) is 0 Å². The third-order valence-corrected chi connectivity index (χ3v) is 17.9. The first kappa shape index (κ1) is 36.1. The van der Waals surface area contributed by atoms with Crippen LogP contribution in [0, 0.1) is 51.2 Å². The van der Waals surface area contributed by atoms with E-state index in [1.807, 2.05) is 12.1 Å². The highest BCUT2D eigenvalue weighted by molar-refractivity contribution is 7.91. The van der Waals surface area contributed by atoms with E-state index in [2.05, 4.69) is 63.0 Å². The number of hydrogen-bond donors (Lipinski definition) is 2. The Bertz CT molecular complexity index is 1640. The van der Waals surface area contributed by atoms with Crippen molar-refractivity contribution < 1.29 is 27.9 Å². The smallest absolute Gasteiger partial charge is 0.337 e. The van der Waals surface area contributed by atoms with Crippen molar-refractivity contribution in [2.45, 2.75) is 97.9 Å². The molecule has 1 aromatic carbocycles. The van der Waals surface area contributed by atoms with Crippen LogP contribution in [0.1, 0.15) is 108 Å². The normalized spacial score (nSPS) is 41.9. The lowest BCUT2D eigenvalue weighted by molar-refractivity contribution is -0.221. The van der Waals surface area contributed by atoms with E-state index in [0.717, 1.165) is 58.0 Å². The Morgan fingerprint density at radius 3 is 2.26 bits per heavy atom. The molecule has 4 saturated carbocycles. The number of methoxy groups -OCH3 is 1. The molecule has 1 saturated heterocycles. The molecule has 9 heteroatoms. The predicted molar refractivity (Wildman–Crippen MR) is 196 cm³/mol. The number of nitrogens with zero attached hydrogens (tertiary/aromatic N) is 1. The Morgan fingerprint density at radius 2 is 1.60 bits per heavy atom. The highest BCUT2D eigenvalue weighted by atomic mass is 32.2. The standard InChI is InChI=1S/C41H60N2O6S/c1-37(2)30(27-7-9-28(10-8-27)36(46)49-6)14-16-38(3)32(37)15-17-40(5)33(38)12-11-31-34-29(35(44)45)13-18-41(34,20-19-39(31,40)4)42-21-22-43-23-25-50(47,48)26-24-43/h7-10,14,29,31-34,42H,11-13,15-26H2,1-6H3,(H,44,45)/t29-,31-,32+,33-,34-,38+,39-,40-,41+/m1/s1. The van der Waals surface area contributed by atoms with Crippen LogP contribution in [0.25, 0.3) is 5.57 Å². The number of allylic oxidation sites excluding steroid dienone is 2. The summed E-state index contributed by atoms with van der Waals surface area (Å²) in [5.41, 5.74) is 3.31. The van der Waals surface area contributed by atoms with Gasteiger partial charge in [-0.05, 0) is 126 Å². The maximum atomic E-state index is 12.9. The van der Waals surface area contributed by atoms with E-state index in [-0.39, 0.29) is 56.5 Å². The van der Waals surface area contributed by atoms with Gasteiger partial charge < -0.3 is 20.1 Å². The number of benzene rings is 1. The van der Waals surface area contributed by atoms with Crippen LogP contribution in [-0.2, 0) is 19.4 Å². The van der Waals surface area contributed by atoms with Gasteiger partial charge in [-0.25, -0.2) is 13.2 Å². The van der Waals surface area contributed by atoms with Gasteiger partial charge in [0, 0.05) is 31.7 Å². The molecule has 8 nitrogen and oxygen atoms in total. The molecule has 0 spiro atoms. The number of esters is 1. The van der Waals surface area contributed by atoms with Crippen LogP contribution in [0.5, 0.6) is 0 Å². The highest BCUT2D eigenvalue weighted by Crippen LogP contribution is 2.76. The summed E-state index contributed by atoms with van der Waals surface area (Å²) in [6, 6.07) is 7.94. The second-order valence-corrected chi connectivity index (χ2v) is 20.7. The Labute approximate surface area is 300 Å². The highest BCUT2D eigenvalue weighted by Gasteiger charge is 2.71. The number of carboxylic acids is 1. The van der Waals surface area contributed by atoms with Crippen LogP contribution in [0.15, 0.2) is 30.3 Å². The number of carbonyl (C=O) groups excluding carboxylic acids is 1. The lowest BCUT2D eigenvalue weighted by Gasteiger charge is -2.72. The fourth-order valence-electron chi connectivity index (χ4n) is 13.6. The van der Waals surface area contributed by atoms with Gasteiger partial charge in [0.05, 0.1) is 30.1 Å². The number of carbonyl (C=O) groups is 2. The number of rotatable bonds is 7. The van der Waals surface area contributed by atoms with E-state index in [1.54, 1.807) is 0 Å². The summed E-state index contributed by atoms with van der Waals surface area (Å²) in [5.74, 6) is 0.797. The summed E-state index contributed by atoms with van der Waals surface area (Å²) in [7, 11) is -1.49. The van der Waals surface area contributed by atoms with Gasteiger partial charge in [-0.1, -0.05) is 52.8 Å². The molecule has 2 N–H and O–H groups in total. The zero-order chi connectivity index (χ0) is 35.9. The number of sulfone groups is 1. The van der Waals surface area contributed by atoms with Crippen molar-refractivity contribution in [3.8, 4) is 0 Å². The van der Waals surface area contributed by atoms with Gasteiger partial charge in [0.1, 0.15) is 0 Å². The Balaban J connectivity index is 1.14. The van der Waals surface area contributed by atoms with Crippen LogP contribution in [0.3, 0.4) is 0 Å².